The van der Waals surface area contributed by atoms with Gasteiger partial charge >= 0.3 is 18.1 Å². The molecule has 4 N–H and O–H groups in total. The number of amides is 2. The first-order valence-corrected chi connectivity index (χ1v) is 17.8. The van der Waals surface area contributed by atoms with Crippen LogP contribution in [0.5, 0.6) is 11.5 Å². The number of halogens is 8. The van der Waals surface area contributed by atoms with Crippen molar-refractivity contribution in [3.05, 3.63) is 114 Å². The molecule has 10 nitrogen and oxygen atoms in total. The third kappa shape index (κ3) is 15.3. The zero-order valence-corrected chi connectivity index (χ0v) is 32.7. The Morgan fingerprint density at radius 2 is 0.964 bits per heavy atom. The molecule has 0 heterocycles. The minimum absolute atomic E-state index is 0.0126. The maximum absolute atomic E-state index is 13.1. The van der Waals surface area contributed by atoms with Crippen LogP contribution in [0.4, 0.5) is 24.5 Å². The zero-order chi connectivity index (χ0) is 41.0. The fourth-order valence-corrected chi connectivity index (χ4v) is 6.37. The molecule has 55 heavy (non-hydrogen) atoms. The predicted octanol–water partition coefficient (Wildman–Crippen LogP) is 10.8. The lowest BCUT2D eigenvalue weighted by atomic mass is 10.1. The van der Waals surface area contributed by atoms with E-state index in [9.17, 15) is 32.3 Å². The van der Waals surface area contributed by atoms with E-state index in [2.05, 4.69) is 10.6 Å². The van der Waals surface area contributed by atoms with Crippen molar-refractivity contribution < 1.29 is 52.0 Å². The average molecular weight is 867 g/mol. The Morgan fingerprint density at radius 3 is 1.33 bits per heavy atom. The molecule has 0 aromatic heterocycles. The van der Waals surface area contributed by atoms with Gasteiger partial charge in [0, 0.05) is 43.1 Å². The lowest BCUT2D eigenvalue weighted by Gasteiger charge is -2.15. The SMILES string of the molecule is CC(=O)Nc1cc(COc2c(Cl)cc(CCC(=O)O)cc2Cl)cc(C(F)(F)F)c1.CC(=O)Nc1cc(Cl)cc(COc2c(Cl)cc(CCC(=O)O)cc2Cl)c1. The first kappa shape index (κ1) is 45.0. The van der Waals surface area contributed by atoms with Crippen molar-refractivity contribution >= 4 is 93.1 Å². The summed E-state index contributed by atoms with van der Waals surface area (Å²) in [6.07, 6.45) is -4.19. The Bertz CT molecular complexity index is 2020. The molecule has 0 atom stereocenters. The molecule has 0 aliphatic rings. The van der Waals surface area contributed by atoms with E-state index in [0.29, 0.717) is 44.1 Å². The monoisotopic (exact) mass is 864 g/mol. The van der Waals surface area contributed by atoms with Crippen LogP contribution in [-0.2, 0) is 51.4 Å². The van der Waals surface area contributed by atoms with Crippen LogP contribution in [0.1, 0.15) is 54.5 Å². The van der Waals surface area contributed by atoms with E-state index in [0.717, 1.165) is 17.7 Å². The van der Waals surface area contributed by atoms with Crippen LogP contribution in [0.3, 0.4) is 0 Å². The molecule has 0 spiro atoms. The van der Waals surface area contributed by atoms with Gasteiger partial charge in [-0.05, 0) is 95.8 Å². The molecule has 4 aromatic rings. The van der Waals surface area contributed by atoms with Crippen LogP contribution in [0, 0.1) is 0 Å². The number of carbonyl (C=O) groups is 4. The number of anilines is 2. The van der Waals surface area contributed by atoms with Crippen molar-refractivity contribution in [2.75, 3.05) is 10.6 Å². The standard InChI is InChI=1S/C19H16Cl2F3NO4.C18H16Cl3NO4/c1-10(26)25-14-5-12(4-13(8-14)19(22,23)24)9-29-18-15(20)6-11(7-16(18)21)2-3-17(27)28;1-10(23)22-14-5-12(4-13(19)8-14)9-26-18-15(20)6-11(7-16(18)21)2-3-17(24)25/h4-8H,2-3,9H2,1H3,(H,25,26)(H,27,28);4-8H,2-3,9H2,1H3,(H,22,23)(H,24,25). The molecular formula is C37H32Cl5F3N2O8. The molecule has 294 valence electrons. The first-order chi connectivity index (χ1) is 25.7. The van der Waals surface area contributed by atoms with Gasteiger partial charge in [-0.3, -0.25) is 19.2 Å². The topological polar surface area (TPSA) is 151 Å². The third-order valence-corrected chi connectivity index (χ3v) is 8.40. The normalized spacial score (nSPS) is 10.9. The van der Waals surface area contributed by atoms with Crippen molar-refractivity contribution in [3.63, 3.8) is 0 Å². The molecule has 0 saturated heterocycles. The van der Waals surface area contributed by atoms with Gasteiger partial charge in [-0.1, -0.05) is 58.0 Å². The lowest BCUT2D eigenvalue weighted by Crippen LogP contribution is -2.11. The van der Waals surface area contributed by atoms with Crippen LogP contribution < -0.4 is 20.1 Å². The summed E-state index contributed by atoms with van der Waals surface area (Å²) >= 11 is 30.7. The van der Waals surface area contributed by atoms with Gasteiger partial charge in [0.1, 0.15) is 13.2 Å². The summed E-state index contributed by atoms with van der Waals surface area (Å²) in [4.78, 5) is 43.7. The molecule has 0 unspecified atom stereocenters. The fourth-order valence-electron chi connectivity index (χ4n) is 4.83. The van der Waals surface area contributed by atoms with Crippen LogP contribution in [0.25, 0.3) is 0 Å². The number of carboxylic acids is 2. The number of alkyl halides is 3. The number of carboxylic acid groups (broad SMARTS) is 2. The van der Waals surface area contributed by atoms with Crippen molar-refractivity contribution in [2.24, 2.45) is 0 Å². The lowest BCUT2D eigenvalue weighted by molar-refractivity contribution is -0.138. The maximum Gasteiger partial charge on any atom is 0.416 e. The van der Waals surface area contributed by atoms with Gasteiger partial charge in [0.2, 0.25) is 11.8 Å². The molecule has 0 fully saturated rings. The Labute approximate surface area is 338 Å². The number of aryl methyl sites for hydroxylation is 2. The van der Waals surface area contributed by atoms with Crippen molar-refractivity contribution in [3.8, 4) is 11.5 Å². The van der Waals surface area contributed by atoms with E-state index in [4.69, 9.17) is 77.7 Å². The van der Waals surface area contributed by atoms with E-state index < -0.39 is 29.6 Å². The molecule has 0 aliphatic heterocycles. The van der Waals surface area contributed by atoms with Crippen LogP contribution in [-0.4, -0.2) is 34.0 Å². The fraction of sp³-hybridized carbons (Fsp3) is 0.243. The third-order valence-electron chi connectivity index (χ3n) is 7.06. The number of nitrogens with one attached hydrogen (secondary N) is 2. The number of hydrogen-bond acceptors (Lipinski definition) is 6. The smallest absolute Gasteiger partial charge is 0.416 e. The number of ether oxygens (including phenoxy) is 2. The summed E-state index contributed by atoms with van der Waals surface area (Å²) in [5.74, 6) is -2.23. The highest BCUT2D eigenvalue weighted by molar-refractivity contribution is 6.38. The summed E-state index contributed by atoms with van der Waals surface area (Å²) in [5.41, 5.74) is 1.77. The number of carbonyl (C=O) groups excluding carboxylic acids is 2. The zero-order valence-electron chi connectivity index (χ0n) is 28.9. The molecular weight excluding hydrogens is 835 g/mol. The van der Waals surface area contributed by atoms with Crippen LogP contribution >= 0.6 is 58.0 Å². The number of aliphatic carboxylic acids is 2. The van der Waals surface area contributed by atoms with Gasteiger partial charge in [0.25, 0.3) is 0 Å². The highest BCUT2D eigenvalue weighted by Gasteiger charge is 2.31. The number of benzene rings is 4. The summed E-state index contributed by atoms with van der Waals surface area (Å²) in [6.45, 7) is 2.44. The Kier molecular flexibility index (Phi) is 16.8. The molecule has 0 saturated carbocycles. The molecule has 2 amide bonds. The average Bonchev–Trinajstić information content (AvgIpc) is 3.04. The van der Waals surface area contributed by atoms with E-state index in [1.165, 1.54) is 32.0 Å². The maximum atomic E-state index is 13.1. The summed E-state index contributed by atoms with van der Waals surface area (Å²) in [5, 5.41) is 23.7. The molecule has 0 aliphatic carbocycles. The summed E-state index contributed by atoms with van der Waals surface area (Å²) in [7, 11) is 0. The quantitative estimate of drug-likeness (QED) is 0.0978. The first-order valence-electron chi connectivity index (χ1n) is 15.9. The van der Waals surface area contributed by atoms with Gasteiger partial charge < -0.3 is 30.3 Å². The van der Waals surface area contributed by atoms with E-state index in [1.54, 1.807) is 30.3 Å². The number of hydrogen-bond donors (Lipinski definition) is 4. The second-order valence-corrected chi connectivity index (χ2v) is 13.8. The minimum Gasteiger partial charge on any atom is -0.486 e. The van der Waals surface area contributed by atoms with Crippen molar-refractivity contribution in [1.82, 2.24) is 0 Å². The van der Waals surface area contributed by atoms with Crippen LogP contribution in [0.15, 0.2) is 60.7 Å². The Morgan fingerprint density at radius 1 is 0.582 bits per heavy atom. The Hall–Kier alpha value is -4.40. The molecule has 0 radical (unpaired) electrons. The Balaban J connectivity index is 0.000000297. The second kappa shape index (κ2) is 20.5. The van der Waals surface area contributed by atoms with Gasteiger partial charge in [0.05, 0.1) is 25.7 Å². The van der Waals surface area contributed by atoms with Gasteiger partial charge in [-0.15, -0.1) is 0 Å². The van der Waals surface area contributed by atoms with Crippen LogP contribution in [0.2, 0.25) is 25.1 Å². The van der Waals surface area contributed by atoms with Crippen molar-refractivity contribution in [2.45, 2.75) is 58.9 Å². The minimum atomic E-state index is -4.61. The van der Waals surface area contributed by atoms with Gasteiger partial charge in [0.15, 0.2) is 11.5 Å². The largest absolute Gasteiger partial charge is 0.486 e. The van der Waals surface area contributed by atoms with Gasteiger partial charge in [-0.2, -0.15) is 13.2 Å². The predicted molar refractivity (Wildman–Crippen MR) is 205 cm³/mol. The van der Waals surface area contributed by atoms with Crippen molar-refractivity contribution in [1.29, 1.82) is 0 Å². The molecule has 18 heteroatoms. The van der Waals surface area contributed by atoms with E-state index >= 15 is 0 Å². The number of rotatable bonds is 14. The van der Waals surface area contributed by atoms with E-state index in [1.807, 2.05) is 0 Å². The molecule has 0 bridgehead atoms. The second-order valence-electron chi connectivity index (χ2n) is 11.8. The molecule has 4 aromatic carbocycles. The summed E-state index contributed by atoms with van der Waals surface area (Å²) < 4.78 is 50.5. The summed E-state index contributed by atoms with van der Waals surface area (Å²) in [6, 6.07) is 14.4. The van der Waals surface area contributed by atoms with E-state index in [-0.39, 0.29) is 65.4 Å². The highest BCUT2D eigenvalue weighted by atomic mass is 35.5. The van der Waals surface area contributed by atoms with Gasteiger partial charge in [-0.25, -0.2) is 0 Å². The molecule has 4 rings (SSSR count). The highest BCUT2D eigenvalue weighted by Crippen LogP contribution is 2.37.